The third-order valence-corrected chi connectivity index (χ3v) is 4.12. The molecule has 2 saturated heterocycles. The topological polar surface area (TPSA) is 195 Å². The molecule has 2 rings (SSSR count). The molecule has 0 saturated carbocycles. The van der Waals surface area contributed by atoms with Gasteiger partial charge in [0.15, 0.2) is 6.29 Å². The van der Waals surface area contributed by atoms with E-state index in [2.05, 4.69) is 0 Å². The Labute approximate surface area is 131 Å². The van der Waals surface area contributed by atoms with Crippen LogP contribution in [0.15, 0.2) is 0 Å². The average Bonchev–Trinajstić information content (AvgIpc) is 2.80. The van der Waals surface area contributed by atoms with Gasteiger partial charge in [-0.05, 0) is 0 Å². The monoisotopic (exact) mass is 341 g/mol. The van der Waals surface area contributed by atoms with Crippen LogP contribution in [-0.2, 0) is 14.2 Å². The summed E-state index contributed by atoms with van der Waals surface area (Å²) in [6, 6.07) is 0. The van der Waals surface area contributed by atoms with E-state index in [9.17, 15) is 30.6 Å². The van der Waals surface area contributed by atoms with Crippen molar-refractivity contribution in [3.63, 3.8) is 0 Å². The van der Waals surface area contributed by atoms with Gasteiger partial charge >= 0.3 is 0 Å². The molecule has 9 N–H and O–H groups in total. The number of hydrogen-bond acceptors (Lipinski definition) is 11. The summed E-state index contributed by atoms with van der Waals surface area (Å²) in [4.78, 5) is 0. The number of rotatable bonds is 5. The highest BCUT2D eigenvalue weighted by Crippen LogP contribution is 2.35. The van der Waals surface area contributed by atoms with E-state index in [1.165, 1.54) is 0 Å². The highest BCUT2D eigenvalue weighted by Gasteiger charge is 2.58. The lowest BCUT2D eigenvalue weighted by Crippen LogP contribution is -2.63. The summed E-state index contributed by atoms with van der Waals surface area (Å²) in [6.45, 7) is -1.77. The summed E-state index contributed by atoms with van der Waals surface area (Å²) in [5.74, 6) is -2.18. The van der Waals surface area contributed by atoms with Gasteiger partial charge in [0.2, 0.25) is 5.79 Å². The van der Waals surface area contributed by atoms with Crippen molar-refractivity contribution in [3.8, 4) is 0 Å². The second kappa shape index (κ2) is 7.21. The van der Waals surface area contributed by atoms with Crippen LogP contribution in [0.3, 0.4) is 0 Å². The normalized spacial score (nSPS) is 51.1. The zero-order valence-electron chi connectivity index (χ0n) is 12.2. The molecule has 2 aliphatic heterocycles. The average molecular weight is 341 g/mol. The van der Waals surface area contributed by atoms with Crippen LogP contribution < -0.4 is 5.73 Å². The fourth-order valence-corrected chi connectivity index (χ4v) is 2.68. The van der Waals surface area contributed by atoms with Crippen LogP contribution in [0.25, 0.3) is 0 Å². The van der Waals surface area contributed by atoms with E-state index >= 15 is 0 Å². The van der Waals surface area contributed by atoms with Gasteiger partial charge < -0.3 is 55.7 Å². The molecular formula is C12H23NO10. The molecule has 2 fully saturated rings. The van der Waals surface area contributed by atoms with Gasteiger partial charge in [0.05, 0.1) is 6.61 Å². The maximum absolute atomic E-state index is 10.0. The summed E-state index contributed by atoms with van der Waals surface area (Å²) < 4.78 is 15.7. The molecule has 0 spiro atoms. The fraction of sp³-hybridized carbons (Fsp3) is 1.00. The second-order valence-electron chi connectivity index (χ2n) is 5.61. The number of hydrogen-bond donors (Lipinski definition) is 8. The van der Waals surface area contributed by atoms with Crippen LogP contribution in [0.5, 0.6) is 0 Å². The van der Waals surface area contributed by atoms with E-state index in [1.54, 1.807) is 0 Å². The smallest absolute Gasteiger partial charge is 0.224 e. The molecule has 23 heavy (non-hydrogen) atoms. The molecule has 0 bridgehead atoms. The summed E-state index contributed by atoms with van der Waals surface area (Å²) in [5.41, 5.74) is 5.39. The lowest BCUT2D eigenvalue weighted by Gasteiger charge is -2.43. The van der Waals surface area contributed by atoms with Crippen LogP contribution in [0.1, 0.15) is 0 Å². The first-order chi connectivity index (χ1) is 10.8. The molecule has 9 atom stereocenters. The molecule has 0 aliphatic carbocycles. The predicted octanol–water partition coefficient (Wildman–Crippen LogP) is -5.43. The van der Waals surface area contributed by atoms with Gasteiger partial charge in [-0.3, -0.25) is 0 Å². The first-order valence-electron chi connectivity index (χ1n) is 7.14. The van der Waals surface area contributed by atoms with Crippen molar-refractivity contribution in [1.82, 2.24) is 0 Å². The van der Waals surface area contributed by atoms with Gasteiger partial charge in [0.25, 0.3) is 0 Å². The first-order valence-corrected chi connectivity index (χ1v) is 7.14. The van der Waals surface area contributed by atoms with E-state index in [4.69, 9.17) is 25.1 Å². The van der Waals surface area contributed by atoms with Crippen LogP contribution in [0, 0.1) is 0 Å². The first kappa shape index (κ1) is 18.9. The largest absolute Gasteiger partial charge is 0.394 e. The Balaban J connectivity index is 2.18. The Morgan fingerprint density at radius 3 is 2.04 bits per heavy atom. The number of aliphatic hydroxyl groups is 7. The molecule has 0 aromatic rings. The van der Waals surface area contributed by atoms with E-state index in [0.29, 0.717) is 0 Å². The molecule has 2 aliphatic rings. The van der Waals surface area contributed by atoms with E-state index in [0.717, 1.165) is 0 Å². The molecule has 0 aromatic carbocycles. The Morgan fingerprint density at radius 1 is 0.913 bits per heavy atom. The summed E-state index contributed by atoms with van der Waals surface area (Å²) in [7, 11) is 0. The van der Waals surface area contributed by atoms with Gasteiger partial charge in [-0.25, -0.2) is 0 Å². The zero-order valence-corrected chi connectivity index (χ0v) is 12.2. The number of ether oxygens (including phenoxy) is 3. The molecule has 11 nitrogen and oxygen atoms in total. The Kier molecular flexibility index (Phi) is 5.92. The zero-order chi connectivity index (χ0) is 17.4. The summed E-state index contributed by atoms with van der Waals surface area (Å²) >= 11 is 0. The second-order valence-corrected chi connectivity index (χ2v) is 5.61. The molecule has 0 aromatic heterocycles. The number of aliphatic hydroxyl groups excluding tert-OH is 7. The van der Waals surface area contributed by atoms with E-state index < -0.39 is 68.0 Å². The van der Waals surface area contributed by atoms with Crippen LogP contribution >= 0.6 is 0 Å². The van der Waals surface area contributed by atoms with E-state index in [1.807, 2.05) is 0 Å². The van der Waals surface area contributed by atoms with Crippen molar-refractivity contribution in [2.24, 2.45) is 5.73 Å². The lowest BCUT2D eigenvalue weighted by atomic mass is 9.98. The molecule has 0 amide bonds. The fourth-order valence-electron chi connectivity index (χ4n) is 2.68. The highest BCUT2D eigenvalue weighted by molar-refractivity contribution is 4.98. The van der Waals surface area contributed by atoms with Crippen molar-refractivity contribution in [2.75, 3.05) is 19.8 Å². The Bertz CT molecular complexity index is 398. The molecule has 136 valence electrons. The standard InChI is InChI=1S/C12H23NO10/c13-1-4-6(16)8(18)9(19)11(21-4)23-12(3-15)10(20)7(17)5(2-14)22-12/h4-11,14-20H,1-3,13H2/t4-,5-,6-,7-,8+,9-,10+,11-,12+/m1/s1. The Morgan fingerprint density at radius 2 is 1.57 bits per heavy atom. The minimum atomic E-state index is -2.18. The van der Waals surface area contributed by atoms with Crippen LogP contribution in [-0.4, -0.2) is 110 Å². The van der Waals surface area contributed by atoms with Gasteiger partial charge in [0, 0.05) is 6.54 Å². The number of nitrogens with two attached hydrogens (primary N) is 1. The maximum Gasteiger partial charge on any atom is 0.224 e. The van der Waals surface area contributed by atoms with Crippen molar-refractivity contribution < 1.29 is 50.0 Å². The van der Waals surface area contributed by atoms with Gasteiger partial charge in [0.1, 0.15) is 49.3 Å². The molecule has 0 radical (unpaired) electrons. The SMILES string of the molecule is NC[C@H]1O[C@H](O[C@]2(CO)O[C@H](CO)[C@@H](O)[C@@H]2O)[C@H](O)[C@@H](O)[C@@H]1O. The molecule has 11 heteroatoms. The molecular weight excluding hydrogens is 318 g/mol. The van der Waals surface area contributed by atoms with Crippen molar-refractivity contribution in [3.05, 3.63) is 0 Å². The highest BCUT2D eigenvalue weighted by atomic mass is 16.8. The predicted molar refractivity (Wildman–Crippen MR) is 70.6 cm³/mol. The van der Waals surface area contributed by atoms with Gasteiger partial charge in [-0.1, -0.05) is 0 Å². The lowest BCUT2D eigenvalue weighted by molar-refractivity contribution is -0.381. The molecule has 0 unspecified atom stereocenters. The van der Waals surface area contributed by atoms with Crippen LogP contribution in [0.2, 0.25) is 0 Å². The maximum atomic E-state index is 10.0. The summed E-state index contributed by atoms with van der Waals surface area (Å²) in [5, 5.41) is 67.8. The third kappa shape index (κ3) is 3.23. The van der Waals surface area contributed by atoms with Crippen molar-refractivity contribution in [2.45, 2.75) is 54.8 Å². The quantitative estimate of drug-likeness (QED) is 0.238. The van der Waals surface area contributed by atoms with Crippen molar-refractivity contribution >= 4 is 0 Å². The van der Waals surface area contributed by atoms with Gasteiger partial charge in [-0.2, -0.15) is 0 Å². The minimum absolute atomic E-state index is 0.192. The minimum Gasteiger partial charge on any atom is -0.394 e. The van der Waals surface area contributed by atoms with Crippen molar-refractivity contribution in [1.29, 1.82) is 0 Å². The third-order valence-electron chi connectivity index (χ3n) is 4.12. The van der Waals surface area contributed by atoms with E-state index in [-0.39, 0.29) is 6.54 Å². The van der Waals surface area contributed by atoms with Crippen LogP contribution in [0.4, 0.5) is 0 Å². The van der Waals surface area contributed by atoms with Gasteiger partial charge in [-0.15, -0.1) is 0 Å². The Hall–Kier alpha value is -0.440. The molecule has 2 heterocycles. The summed E-state index contributed by atoms with van der Waals surface area (Å²) in [6.07, 6.45) is -12.0.